The molecule has 0 heterocycles. The topological polar surface area (TPSA) is 12.0 Å². The lowest BCUT2D eigenvalue weighted by Crippen LogP contribution is -2.66. The zero-order valence-electron chi connectivity index (χ0n) is 12.8. The van der Waals surface area contributed by atoms with E-state index in [-0.39, 0.29) is 0 Å². The fraction of sp³-hybridized carbons (Fsp3) is 1.00. The number of hydrogen-bond donors (Lipinski definition) is 1. The Balaban J connectivity index is 1.94. The van der Waals surface area contributed by atoms with Crippen LogP contribution in [0, 0.1) is 16.7 Å². The van der Waals surface area contributed by atoms with E-state index in [1.54, 1.807) is 0 Å². The first-order valence-corrected chi connectivity index (χ1v) is 8.22. The van der Waals surface area contributed by atoms with Crippen LogP contribution in [0.3, 0.4) is 0 Å². The number of rotatable bonds is 4. The lowest BCUT2D eigenvalue weighted by Gasteiger charge is -2.67. The monoisotopic (exact) mass is 249 g/mol. The van der Waals surface area contributed by atoms with Crippen molar-refractivity contribution in [1.82, 2.24) is 5.32 Å². The van der Waals surface area contributed by atoms with E-state index >= 15 is 0 Å². The Labute approximate surface area is 113 Å². The third-order valence-corrected chi connectivity index (χ3v) is 6.39. The molecule has 0 saturated heterocycles. The van der Waals surface area contributed by atoms with Gasteiger partial charge in [0.1, 0.15) is 0 Å². The molecule has 4 bridgehead atoms. The second-order valence-corrected chi connectivity index (χ2v) is 8.30. The van der Waals surface area contributed by atoms with Crippen molar-refractivity contribution in [3.8, 4) is 0 Å². The van der Waals surface area contributed by atoms with Crippen molar-refractivity contribution in [1.29, 1.82) is 0 Å². The first-order valence-electron chi connectivity index (χ1n) is 8.22. The van der Waals surface area contributed by atoms with Crippen molar-refractivity contribution in [2.24, 2.45) is 16.7 Å². The maximum atomic E-state index is 4.01. The van der Waals surface area contributed by atoms with Gasteiger partial charge in [0.2, 0.25) is 0 Å². The predicted octanol–water partition coefficient (Wildman–Crippen LogP) is 4.51. The maximum Gasteiger partial charge on any atom is 0.0197 e. The molecule has 2 atom stereocenters. The zero-order chi connectivity index (χ0) is 13.0. The van der Waals surface area contributed by atoms with E-state index in [9.17, 15) is 0 Å². The molecule has 4 fully saturated rings. The highest BCUT2D eigenvalue weighted by Crippen LogP contribution is 2.68. The summed E-state index contributed by atoms with van der Waals surface area (Å²) in [7, 11) is 0. The van der Waals surface area contributed by atoms with Gasteiger partial charge in [-0.3, -0.25) is 0 Å². The largest absolute Gasteiger partial charge is 0.309 e. The Morgan fingerprint density at radius 1 is 0.944 bits per heavy atom. The lowest BCUT2D eigenvalue weighted by molar-refractivity contribution is -0.138. The van der Waals surface area contributed by atoms with Gasteiger partial charge < -0.3 is 5.32 Å². The molecule has 1 N–H and O–H groups in total. The van der Waals surface area contributed by atoms with Crippen LogP contribution in [0.15, 0.2) is 0 Å². The molecule has 104 valence electrons. The van der Waals surface area contributed by atoms with E-state index in [0.29, 0.717) is 22.4 Å². The van der Waals surface area contributed by atoms with E-state index < -0.39 is 0 Å². The van der Waals surface area contributed by atoms with Gasteiger partial charge >= 0.3 is 0 Å². The van der Waals surface area contributed by atoms with Crippen LogP contribution in [0.4, 0.5) is 0 Å². The standard InChI is InChI=1S/C17H31N/c1-5-15-7-14-8-16(6-2,10-15)12-17(9-14,11-15)18-13(3)4/h13-14,18H,5-12H2,1-4H3. The summed E-state index contributed by atoms with van der Waals surface area (Å²) in [6, 6.07) is 0.643. The number of hydrogen-bond acceptors (Lipinski definition) is 1. The molecule has 2 unspecified atom stereocenters. The molecular weight excluding hydrogens is 218 g/mol. The molecule has 0 aromatic heterocycles. The summed E-state index contributed by atoms with van der Waals surface area (Å²) in [5, 5.41) is 4.01. The third-order valence-electron chi connectivity index (χ3n) is 6.39. The van der Waals surface area contributed by atoms with Crippen molar-refractivity contribution >= 4 is 0 Å². The van der Waals surface area contributed by atoms with Gasteiger partial charge in [0.05, 0.1) is 0 Å². The van der Waals surface area contributed by atoms with Gasteiger partial charge in [-0.05, 0) is 55.3 Å². The molecule has 0 amide bonds. The van der Waals surface area contributed by atoms with Gasteiger partial charge in [0, 0.05) is 11.6 Å². The molecule has 0 aromatic rings. The summed E-state index contributed by atoms with van der Waals surface area (Å²) >= 11 is 0. The van der Waals surface area contributed by atoms with Gasteiger partial charge in [0.15, 0.2) is 0 Å². The molecule has 4 aliphatic rings. The summed E-state index contributed by atoms with van der Waals surface area (Å²) in [6.07, 6.45) is 11.8. The molecule has 1 heteroatoms. The second-order valence-electron chi connectivity index (χ2n) is 8.30. The summed E-state index contributed by atoms with van der Waals surface area (Å²) in [6.45, 7) is 9.55. The highest BCUT2D eigenvalue weighted by Gasteiger charge is 2.61. The lowest BCUT2D eigenvalue weighted by atomic mass is 9.41. The maximum absolute atomic E-state index is 4.01. The number of nitrogens with one attached hydrogen (secondary N) is 1. The molecule has 0 spiro atoms. The molecule has 1 nitrogen and oxygen atoms in total. The Kier molecular flexibility index (Phi) is 2.86. The predicted molar refractivity (Wildman–Crippen MR) is 77.6 cm³/mol. The molecule has 4 aliphatic carbocycles. The Bertz CT molecular complexity index is 309. The Morgan fingerprint density at radius 3 is 1.94 bits per heavy atom. The average Bonchev–Trinajstić information content (AvgIpc) is 2.25. The van der Waals surface area contributed by atoms with Crippen LogP contribution in [0.1, 0.15) is 79.1 Å². The summed E-state index contributed by atoms with van der Waals surface area (Å²) in [5.74, 6) is 1.02. The van der Waals surface area contributed by atoms with Crippen LogP contribution in [-0.2, 0) is 0 Å². The first-order chi connectivity index (χ1) is 8.44. The molecule has 0 radical (unpaired) electrons. The smallest absolute Gasteiger partial charge is 0.0197 e. The van der Waals surface area contributed by atoms with Gasteiger partial charge in [-0.2, -0.15) is 0 Å². The van der Waals surface area contributed by atoms with Crippen molar-refractivity contribution < 1.29 is 0 Å². The zero-order valence-corrected chi connectivity index (χ0v) is 12.8. The fourth-order valence-electron chi connectivity index (χ4n) is 6.41. The van der Waals surface area contributed by atoms with Crippen LogP contribution in [0.2, 0.25) is 0 Å². The second kappa shape index (κ2) is 3.98. The third kappa shape index (κ3) is 1.85. The molecule has 18 heavy (non-hydrogen) atoms. The normalized spacial score (nSPS) is 50.2. The van der Waals surface area contributed by atoms with E-state index in [1.165, 1.54) is 51.4 Å². The van der Waals surface area contributed by atoms with Crippen molar-refractivity contribution in [3.05, 3.63) is 0 Å². The minimum absolute atomic E-state index is 0.500. The minimum Gasteiger partial charge on any atom is -0.309 e. The van der Waals surface area contributed by atoms with Gasteiger partial charge in [-0.15, -0.1) is 0 Å². The highest BCUT2D eigenvalue weighted by molar-refractivity contribution is 5.16. The summed E-state index contributed by atoms with van der Waals surface area (Å²) in [5.41, 5.74) is 1.88. The van der Waals surface area contributed by atoms with Crippen LogP contribution >= 0.6 is 0 Å². The minimum atomic E-state index is 0.500. The van der Waals surface area contributed by atoms with Crippen LogP contribution in [0.5, 0.6) is 0 Å². The molecular formula is C17H31N. The quantitative estimate of drug-likeness (QED) is 0.773. The van der Waals surface area contributed by atoms with Crippen molar-refractivity contribution in [3.63, 3.8) is 0 Å². The van der Waals surface area contributed by atoms with Gasteiger partial charge in [-0.1, -0.05) is 40.5 Å². The van der Waals surface area contributed by atoms with Crippen molar-refractivity contribution in [2.45, 2.75) is 90.6 Å². The van der Waals surface area contributed by atoms with Crippen LogP contribution in [-0.4, -0.2) is 11.6 Å². The fourth-order valence-corrected chi connectivity index (χ4v) is 6.41. The van der Waals surface area contributed by atoms with Gasteiger partial charge in [0.25, 0.3) is 0 Å². The van der Waals surface area contributed by atoms with Crippen molar-refractivity contribution in [2.75, 3.05) is 0 Å². The first kappa shape index (κ1) is 13.0. The SMILES string of the molecule is CCC12CC3CC(CC)(C1)CC(NC(C)C)(C3)C2. The van der Waals surface area contributed by atoms with E-state index in [2.05, 4.69) is 33.0 Å². The highest BCUT2D eigenvalue weighted by atomic mass is 15.0. The molecule has 0 aromatic carbocycles. The van der Waals surface area contributed by atoms with E-state index in [0.717, 1.165) is 5.92 Å². The van der Waals surface area contributed by atoms with E-state index in [4.69, 9.17) is 0 Å². The van der Waals surface area contributed by atoms with Gasteiger partial charge in [-0.25, -0.2) is 0 Å². The van der Waals surface area contributed by atoms with E-state index in [1.807, 2.05) is 0 Å². The molecule has 0 aliphatic heterocycles. The van der Waals surface area contributed by atoms with Crippen LogP contribution < -0.4 is 5.32 Å². The average molecular weight is 249 g/mol. The molecule has 4 saturated carbocycles. The Morgan fingerprint density at radius 2 is 1.50 bits per heavy atom. The van der Waals surface area contributed by atoms with Crippen LogP contribution in [0.25, 0.3) is 0 Å². The Hall–Kier alpha value is -0.0400. The molecule has 4 rings (SSSR count). The summed E-state index contributed by atoms with van der Waals surface area (Å²) in [4.78, 5) is 0. The summed E-state index contributed by atoms with van der Waals surface area (Å²) < 4.78 is 0.